The van der Waals surface area contributed by atoms with Crippen molar-refractivity contribution in [1.29, 1.82) is 5.26 Å². The molecule has 0 saturated carbocycles. The highest BCUT2D eigenvalue weighted by atomic mass is 16.5. The number of terminal acetylenes is 1. The van der Waals surface area contributed by atoms with Crippen molar-refractivity contribution in [3.63, 3.8) is 0 Å². The summed E-state index contributed by atoms with van der Waals surface area (Å²) in [7, 11) is 0. The second kappa shape index (κ2) is 9.31. The Morgan fingerprint density at radius 3 is 2.32 bits per heavy atom. The van der Waals surface area contributed by atoms with Crippen molar-refractivity contribution in [2.45, 2.75) is 0 Å². The van der Waals surface area contributed by atoms with Gasteiger partial charge in [0.1, 0.15) is 29.7 Å². The van der Waals surface area contributed by atoms with Crippen LogP contribution in [-0.2, 0) is 0 Å². The average molecular weight is 402 g/mol. The molecule has 3 aromatic carbocycles. The standard InChI is InChI=1S/C27H18N2O2/c1-2-16-30-23-15-9-10-20(17-23)19-29-27-24(18-28)25(21-11-5-3-6-12-21)26(31-27)22-13-7-4-8-14-22/h1,3-15,17,19H,16H2. The van der Waals surface area contributed by atoms with Gasteiger partial charge in [-0.05, 0) is 23.3 Å². The maximum Gasteiger partial charge on any atom is 0.238 e. The van der Waals surface area contributed by atoms with Gasteiger partial charge in [0, 0.05) is 17.3 Å². The van der Waals surface area contributed by atoms with Crippen LogP contribution < -0.4 is 4.74 Å². The third-order valence-electron chi connectivity index (χ3n) is 4.61. The van der Waals surface area contributed by atoms with Crippen LogP contribution in [0.2, 0.25) is 0 Å². The Labute approximate surface area is 181 Å². The molecule has 31 heavy (non-hydrogen) atoms. The summed E-state index contributed by atoms with van der Waals surface area (Å²) in [6.07, 6.45) is 6.89. The molecule has 0 fully saturated rings. The lowest BCUT2D eigenvalue weighted by molar-refractivity contribution is 0.370. The molecule has 0 unspecified atom stereocenters. The summed E-state index contributed by atoms with van der Waals surface area (Å²) in [6.45, 7) is 0.193. The lowest BCUT2D eigenvalue weighted by atomic mass is 9.98. The average Bonchev–Trinajstić information content (AvgIpc) is 3.21. The van der Waals surface area contributed by atoms with Crippen molar-refractivity contribution in [2.75, 3.05) is 6.61 Å². The Balaban J connectivity index is 1.79. The van der Waals surface area contributed by atoms with E-state index in [1.807, 2.05) is 84.9 Å². The highest BCUT2D eigenvalue weighted by Gasteiger charge is 2.22. The predicted octanol–water partition coefficient (Wildman–Crippen LogP) is 6.25. The van der Waals surface area contributed by atoms with Crippen molar-refractivity contribution in [3.05, 3.63) is 96.1 Å². The Morgan fingerprint density at radius 1 is 0.935 bits per heavy atom. The molecule has 0 aliphatic carbocycles. The Bertz CT molecular complexity index is 1290. The third-order valence-corrected chi connectivity index (χ3v) is 4.61. The maximum absolute atomic E-state index is 9.94. The number of nitriles is 1. The van der Waals surface area contributed by atoms with Crippen molar-refractivity contribution in [2.24, 2.45) is 4.99 Å². The molecule has 1 aromatic heterocycles. The number of hydrogen-bond donors (Lipinski definition) is 0. The first-order valence-corrected chi connectivity index (χ1v) is 9.68. The fourth-order valence-electron chi connectivity index (χ4n) is 3.23. The molecule has 4 rings (SSSR count). The summed E-state index contributed by atoms with van der Waals surface area (Å²) in [5, 5.41) is 9.94. The number of nitrogens with zero attached hydrogens (tertiary/aromatic N) is 2. The monoisotopic (exact) mass is 402 g/mol. The molecular weight excluding hydrogens is 384 g/mol. The molecule has 0 saturated heterocycles. The van der Waals surface area contributed by atoms with Gasteiger partial charge in [-0.2, -0.15) is 5.26 Å². The van der Waals surface area contributed by atoms with Crippen LogP contribution >= 0.6 is 0 Å². The molecular formula is C27H18N2O2. The molecule has 0 amide bonds. The topological polar surface area (TPSA) is 58.5 Å². The molecule has 0 radical (unpaired) electrons. The van der Waals surface area contributed by atoms with Gasteiger partial charge in [0.2, 0.25) is 5.88 Å². The molecule has 0 aliphatic rings. The van der Waals surface area contributed by atoms with E-state index >= 15 is 0 Å². The number of ether oxygens (including phenoxy) is 1. The van der Waals surface area contributed by atoms with Crippen LogP contribution in [-0.4, -0.2) is 12.8 Å². The number of furan rings is 1. The van der Waals surface area contributed by atoms with Gasteiger partial charge in [-0.3, -0.25) is 0 Å². The number of hydrogen-bond acceptors (Lipinski definition) is 4. The van der Waals surface area contributed by atoms with E-state index in [-0.39, 0.29) is 12.5 Å². The molecule has 4 heteroatoms. The summed E-state index contributed by atoms with van der Waals surface area (Å²) in [5.41, 5.74) is 3.70. The first-order valence-electron chi connectivity index (χ1n) is 9.68. The SMILES string of the molecule is C#CCOc1cccc(C=Nc2oc(-c3ccccc3)c(-c3ccccc3)c2C#N)c1. The summed E-state index contributed by atoms with van der Waals surface area (Å²) in [6, 6.07) is 29.1. The van der Waals surface area contributed by atoms with Crippen molar-refractivity contribution in [1.82, 2.24) is 0 Å². The fraction of sp³-hybridized carbons (Fsp3) is 0.0370. The summed E-state index contributed by atoms with van der Waals surface area (Å²) < 4.78 is 11.6. The molecule has 0 atom stereocenters. The van der Waals surface area contributed by atoms with Crippen LogP contribution in [0.4, 0.5) is 5.88 Å². The van der Waals surface area contributed by atoms with Gasteiger partial charge in [0.25, 0.3) is 0 Å². The largest absolute Gasteiger partial charge is 0.481 e. The van der Waals surface area contributed by atoms with Crippen LogP contribution in [0.1, 0.15) is 11.1 Å². The highest BCUT2D eigenvalue weighted by molar-refractivity contribution is 5.90. The van der Waals surface area contributed by atoms with E-state index in [1.165, 1.54) is 0 Å². The molecule has 0 N–H and O–H groups in total. The zero-order chi connectivity index (χ0) is 21.5. The lowest BCUT2D eigenvalue weighted by Gasteiger charge is -2.03. The van der Waals surface area contributed by atoms with Gasteiger partial charge in [-0.1, -0.05) is 78.7 Å². The maximum atomic E-state index is 9.94. The van der Waals surface area contributed by atoms with Gasteiger partial charge in [0.15, 0.2) is 0 Å². The van der Waals surface area contributed by atoms with Gasteiger partial charge in [-0.25, -0.2) is 4.99 Å². The van der Waals surface area contributed by atoms with E-state index in [1.54, 1.807) is 6.21 Å². The first-order chi connectivity index (χ1) is 15.3. The molecule has 0 bridgehead atoms. The Morgan fingerprint density at radius 2 is 1.65 bits per heavy atom. The van der Waals surface area contributed by atoms with Crippen molar-refractivity contribution >= 4 is 12.1 Å². The van der Waals surface area contributed by atoms with Crippen molar-refractivity contribution in [3.8, 4) is 46.6 Å². The van der Waals surface area contributed by atoms with Crippen LogP contribution in [0.5, 0.6) is 5.75 Å². The second-order valence-electron chi connectivity index (χ2n) is 6.65. The quantitative estimate of drug-likeness (QED) is 0.283. The molecule has 148 valence electrons. The fourth-order valence-corrected chi connectivity index (χ4v) is 3.23. The molecule has 0 aliphatic heterocycles. The molecule has 4 nitrogen and oxygen atoms in total. The van der Waals surface area contributed by atoms with Crippen LogP contribution in [0.15, 0.2) is 94.3 Å². The van der Waals surface area contributed by atoms with E-state index in [4.69, 9.17) is 15.6 Å². The molecule has 0 spiro atoms. The zero-order valence-corrected chi connectivity index (χ0v) is 16.7. The minimum Gasteiger partial charge on any atom is -0.481 e. The van der Waals surface area contributed by atoms with E-state index in [0.29, 0.717) is 17.1 Å². The van der Waals surface area contributed by atoms with Crippen LogP contribution in [0.25, 0.3) is 22.5 Å². The summed E-state index contributed by atoms with van der Waals surface area (Å²) in [4.78, 5) is 4.49. The minimum atomic E-state index is 0.193. The smallest absolute Gasteiger partial charge is 0.238 e. The molecule has 1 heterocycles. The van der Waals surface area contributed by atoms with Crippen LogP contribution in [0, 0.1) is 23.7 Å². The van der Waals surface area contributed by atoms with Crippen molar-refractivity contribution < 1.29 is 9.15 Å². The Hall–Kier alpha value is -4.54. The minimum absolute atomic E-state index is 0.193. The highest BCUT2D eigenvalue weighted by Crippen LogP contribution is 2.42. The molecule has 4 aromatic rings. The predicted molar refractivity (Wildman–Crippen MR) is 122 cm³/mol. The van der Waals surface area contributed by atoms with E-state index in [2.05, 4.69) is 17.0 Å². The number of aliphatic imine (C=N–C) groups is 1. The van der Waals surface area contributed by atoms with Gasteiger partial charge >= 0.3 is 0 Å². The lowest BCUT2D eigenvalue weighted by Crippen LogP contribution is -1.93. The third kappa shape index (κ3) is 4.40. The zero-order valence-electron chi connectivity index (χ0n) is 16.7. The summed E-state index contributed by atoms with van der Waals surface area (Å²) >= 11 is 0. The van der Waals surface area contributed by atoms with E-state index in [9.17, 15) is 5.26 Å². The van der Waals surface area contributed by atoms with Gasteiger partial charge in [-0.15, -0.1) is 6.42 Å². The summed E-state index contributed by atoms with van der Waals surface area (Å²) in [5.74, 6) is 3.96. The second-order valence-corrected chi connectivity index (χ2v) is 6.65. The van der Waals surface area contributed by atoms with Gasteiger partial charge in [0.05, 0.1) is 0 Å². The van der Waals surface area contributed by atoms with E-state index < -0.39 is 0 Å². The van der Waals surface area contributed by atoms with Crippen LogP contribution in [0.3, 0.4) is 0 Å². The Kier molecular flexibility index (Phi) is 5.93. The normalized spacial score (nSPS) is 10.5. The number of benzene rings is 3. The van der Waals surface area contributed by atoms with Gasteiger partial charge < -0.3 is 9.15 Å². The number of rotatable bonds is 6. The van der Waals surface area contributed by atoms with E-state index in [0.717, 1.165) is 22.3 Å². The first kappa shape index (κ1) is 19.8.